The van der Waals surface area contributed by atoms with Crippen LogP contribution in [0.2, 0.25) is 0 Å². The number of benzene rings is 2. The van der Waals surface area contributed by atoms with Gasteiger partial charge in [0.1, 0.15) is 11.5 Å². The van der Waals surface area contributed by atoms with E-state index in [1.165, 1.54) is 23.1 Å². The highest BCUT2D eigenvalue weighted by atomic mass is 16.4. The van der Waals surface area contributed by atoms with Crippen molar-refractivity contribution in [1.82, 2.24) is 9.88 Å². The number of carboxylic acid groups (broad SMARTS) is 1. The van der Waals surface area contributed by atoms with E-state index in [-0.39, 0.29) is 28.7 Å². The van der Waals surface area contributed by atoms with Crippen LogP contribution >= 0.6 is 0 Å². The molecule has 150 valence electrons. The zero-order chi connectivity index (χ0) is 21.6. The first-order valence-electron chi connectivity index (χ1n) is 8.91. The monoisotopic (exact) mass is 404 g/mol. The number of aromatic nitrogens is 1. The highest BCUT2D eigenvalue weighted by Gasteiger charge is 2.32. The molecule has 0 fully saturated rings. The predicted octanol–water partition coefficient (Wildman–Crippen LogP) is 2.51. The number of carboxylic acids is 1. The summed E-state index contributed by atoms with van der Waals surface area (Å²) in [5, 5.41) is 15.8. The van der Waals surface area contributed by atoms with Crippen molar-refractivity contribution in [2.24, 2.45) is 0 Å². The molecule has 9 heteroatoms. The second kappa shape index (κ2) is 6.96. The molecule has 0 saturated carbocycles. The van der Waals surface area contributed by atoms with Crippen LogP contribution in [0.15, 0.2) is 42.5 Å². The Balaban J connectivity index is 1.87. The molecule has 2 amide bonds. The van der Waals surface area contributed by atoms with Crippen molar-refractivity contribution in [2.75, 3.05) is 24.7 Å². The van der Waals surface area contributed by atoms with Gasteiger partial charge in [0.05, 0.1) is 11.3 Å². The van der Waals surface area contributed by atoms with Crippen molar-refractivity contribution in [3.8, 4) is 0 Å². The normalized spacial score (nSPS) is 12.5. The largest absolute Gasteiger partial charge is 0.478 e. The van der Waals surface area contributed by atoms with Crippen LogP contribution in [0.1, 0.15) is 31.2 Å². The number of aromatic carboxylic acids is 1. The third kappa shape index (κ3) is 3.12. The van der Waals surface area contributed by atoms with Crippen LogP contribution in [0.25, 0.3) is 10.8 Å². The molecule has 2 aromatic carbocycles. The van der Waals surface area contributed by atoms with Crippen molar-refractivity contribution in [1.29, 1.82) is 0 Å². The quantitative estimate of drug-likeness (QED) is 0.570. The number of rotatable bonds is 4. The van der Waals surface area contributed by atoms with Gasteiger partial charge in [0, 0.05) is 36.1 Å². The summed E-state index contributed by atoms with van der Waals surface area (Å²) in [4.78, 5) is 53.4. The summed E-state index contributed by atoms with van der Waals surface area (Å²) < 4.78 is 0. The molecule has 3 N–H and O–H groups in total. The van der Waals surface area contributed by atoms with Crippen molar-refractivity contribution >= 4 is 51.5 Å². The maximum absolute atomic E-state index is 12.2. The molecule has 0 atom stereocenters. The second-order valence-electron chi connectivity index (χ2n) is 6.94. The molecule has 0 aliphatic carbocycles. The van der Waals surface area contributed by atoms with Crippen molar-refractivity contribution < 1.29 is 24.3 Å². The fraction of sp³-hybridized carbons (Fsp3) is 0.0952. The topological polar surface area (TPSA) is 129 Å². The lowest BCUT2D eigenvalue weighted by Crippen LogP contribution is -2.21. The lowest BCUT2D eigenvalue weighted by atomic mass is 10.0. The molecule has 0 saturated heterocycles. The highest BCUT2D eigenvalue weighted by Crippen LogP contribution is 2.36. The van der Waals surface area contributed by atoms with Crippen molar-refractivity contribution in [3.05, 3.63) is 59.3 Å². The molecule has 1 aliphatic rings. The minimum atomic E-state index is -1.12. The van der Waals surface area contributed by atoms with E-state index in [1.807, 2.05) is 0 Å². The summed E-state index contributed by atoms with van der Waals surface area (Å²) in [6, 6.07) is 11.0. The molecule has 3 aromatic rings. The first kappa shape index (κ1) is 19.1. The molecule has 2 heterocycles. The second-order valence-corrected chi connectivity index (χ2v) is 6.94. The predicted molar refractivity (Wildman–Crippen MR) is 109 cm³/mol. The Hall–Kier alpha value is -4.27. The van der Waals surface area contributed by atoms with Crippen LogP contribution in [0, 0.1) is 0 Å². The number of Topliss-reactive ketones (excluding diaryl/α,β-unsaturated/α-hetero) is 1. The average molecular weight is 404 g/mol. The number of anilines is 3. The van der Waals surface area contributed by atoms with Gasteiger partial charge in [-0.05, 0) is 30.3 Å². The van der Waals surface area contributed by atoms with E-state index >= 15 is 0 Å². The summed E-state index contributed by atoms with van der Waals surface area (Å²) in [5.74, 6) is -2.68. The first-order valence-corrected chi connectivity index (χ1v) is 8.91. The summed E-state index contributed by atoms with van der Waals surface area (Å²) in [7, 11) is 3.28. The number of hydrogen-bond acceptors (Lipinski definition) is 6. The van der Waals surface area contributed by atoms with E-state index in [1.54, 1.807) is 38.4 Å². The number of pyridine rings is 1. The molecule has 0 unspecified atom stereocenters. The number of carbonyl (C=O) groups is 4. The Morgan fingerprint density at radius 3 is 2.50 bits per heavy atom. The number of fused-ring (bicyclic) bond motifs is 3. The molecule has 1 aliphatic heterocycles. The van der Waals surface area contributed by atoms with Gasteiger partial charge in [0.25, 0.3) is 17.6 Å². The number of amides is 2. The summed E-state index contributed by atoms with van der Waals surface area (Å²) in [6.45, 7) is 0. The van der Waals surface area contributed by atoms with Gasteiger partial charge >= 0.3 is 5.97 Å². The van der Waals surface area contributed by atoms with Gasteiger partial charge < -0.3 is 20.6 Å². The minimum absolute atomic E-state index is 0.0273. The van der Waals surface area contributed by atoms with Gasteiger partial charge in [-0.25, -0.2) is 9.78 Å². The fourth-order valence-electron chi connectivity index (χ4n) is 3.24. The molecule has 9 nitrogen and oxygen atoms in total. The molecular weight excluding hydrogens is 388 g/mol. The molecule has 30 heavy (non-hydrogen) atoms. The van der Waals surface area contributed by atoms with E-state index in [2.05, 4.69) is 15.6 Å². The van der Waals surface area contributed by atoms with Crippen LogP contribution in [0.3, 0.4) is 0 Å². The SMILES string of the molecule is CN(C)C(=O)c1cccc(Nc2nc3c(c4ccc(C(=O)O)cc24)NC(=O)C3=O)c1. The van der Waals surface area contributed by atoms with Gasteiger partial charge in [-0.3, -0.25) is 14.4 Å². The Kier molecular flexibility index (Phi) is 4.42. The van der Waals surface area contributed by atoms with Gasteiger partial charge in [-0.2, -0.15) is 0 Å². The van der Waals surface area contributed by atoms with E-state index in [4.69, 9.17) is 0 Å². The van der Waals surface area contributed by atoms with Crippen LogP contribution in [0.5, 0.6) is 0 Å². The van der Waals surface area contributed by atoms with Gasteiger partial charge in [-0.15, -0.1) is 0 Å². The fourth-order valence-corrected chi connectivity index (χ4v) is 3.24. The molecule has 0 radical (unpaired) electrons. The Bertz CT molecular complexity index is 1270. The van der Waals surface area contributed by atoms with E-state index in [0.717, 1.165) is 0 Å². The Morgan fingerprint density at radius 2 is 1.80 bits per heavy atom. The lowest BCUT2D eigenvalue weighted by molar-refractivity contribution is -0.112. The minimum Gasteiger partial charge on any atom is -0.478 e. The van der Waals surface area contributed by atoms with E-state index in [9.17, 15) is 24.3 Å². The van der Waals surface area contributed by atoms with Crippen LogP contribution < -0.4 is 10.6 Å². The summed E-state index contributed by atoms with van der Waals surface area (Å²) in [6.07, 6.45) is 0. The number of ketones is 1. The maximum Gasteiger partial charge on any atom is 0.335 e. The van der Waals surface area contributed by atoms with Gasteiger partial charge in [0.15, 0.2) is 0 Å². The number of nitrogens with zero attached hydrogens (tertiary/aromatic N) is 2. The van der Waals surface area contributed by atoms with Crippen LogP contribution in [-0.2, 0) is 4.79 Å². The van der Waals surface area contributed by atoms with Gasteiger partial charge in [0.2, 0.25) is 0 Å². The van der Waals surface area contributed by atoms with Crippen LogP contribution in [-0.4, -0.2) is 52.7 Å². The highest BCUT2D eigenvalue weighted by molar-refractivity contribution is 6.52. The Labute approximate surface area is 170 Å². The number of hydrogen-bond donors (Lipinski definition) is 3. The van der Waals surface area contributed by atoms with Gasteiger partial charge in [-0.1, -0.05) is 12.1 Å². The lowest BCUT2D eigenvalue weighted by Gasteiger charge is -2.14. The average Bonchev–Trinajstić information content (AvgIpc) is 3.01. The third-order valence-electron chi connectivity index (χ3n) is 4.69. The number of carbonyl (C=O) groups excluding carboxylic acids is 3. The van der Waals surface area contributed by atoms with E-state index in [0.29, 0.717) is 22.0 Å². The summed E-state index contributed by atoms with van der Waals surface area (Å²) in [5.41, 5.74) is 1.19. The van der Waals surface area contributed by atoms with E-state index < -0.39 is 17.7 Å². The zero-order valence-corrected chi connectivity index (χ0v) is 16.0. The third-order valence-corrected chi connectivity index (χ3v) is 4.69. The molecule has 1 aromatic heterocycles. The molecule has 4 rings (SSSR count). The zero-order valence-electron chi connectivity index (χ0n) is 16.0. The molecular formula is C21H16N4O5. The first-order chi connectivity index (χ1) is 14.3. The Morgan fingerprint density at radius 1 is 1.03 bits per heavy atom. The van der Waals surface area contributed by atoms with Crippen LogP contribution in [0.4, 0.5) is 17.2 Å². The molecule has 0 spiro atoms. The summed E-state index contributed by atoms with van der Waals surface area (Å²) >= 11 is 0. The van der Waals surface area contributed by atoms with Crippen molar-refractivity contribution in [2.45, 2.75) is 0 Å². The smallest absolute Gasteiger partial charge is 0.335 e. The number of nitrogens with one attached hydrogen (secondary N) is 2. The molecule has 0 bridgehead atoms. The maximum atomic E-state index is 12.2. The standard InChI is InChI=1S/C21H16N4O5/c1-25(2)20(28)10-4-3-5-12(8-10)22-18-14-9-11(21(29)30)6-7-13(14)15-16(23-18)17(26)19(27)24-15/h3-9H,1-2H3,(H,22,23)(H,29,30)(H,24,26,27). The van der Waals surface area contributed by atoms with Crippen molar-refractivity contribution in [3.63, 3.8) is 0 Å².